The van der Waals surface area contributed by atoms with Gasteiger partial charge in [0.25, 0.3) is 0 Å². The summed E-state index contributed by atoms with van der Waals surface area (Å²) in [5, 5.41) is 0.628. The van der Waals surface area contributed by atoms with Gasteiger partial charge < -0.3 is 0 Å². The lowest BCUT2D eigenvalue weighted by molar-refractivity contribution is -0.132. The molecule has 0 aliphatic heterocycles. The average Bonchev–Trinajstić information content (AvgIpc) is 2.49. The number of ketones is 2. The predicted molar refractivity (Wildman–Crippen MR) is 92.1 cm³/mol. The number of rotatable bonds is 2. The summed E-state index contributed by atoms with van der Waals surface area (Å²) in [5.41, 5.74) is 3.89. The SMILES string of the molecule is Cc1ccc(C2C(=O)CC(c3ccccc3Cl)CC2=O)c(C)c1. The van der Waals surface area contributed by atoms with Crippen LogP contribution < -0.4 is 0 Å². The first-order chi connectivity index (χ1) is 11.0. The maximum Gasteiger partial charge on any atom is 0.148 e. The third-order valence-electron chi connectivity index (χ3n) is 4.62. The molecule has 2 aromatic rings. The maximum atomic E-state index is 12.7. The molecule has 0 spiro atoms. The summed E-state index contributed by atoms with van der Waals surface area (Å²) in [5.74, 6) is -0.726. The number of benzene rings is 2. The van der Waals surface area contributed by atoms with Crippen molar-refractivity contribution in [3.8, 4) is 0 Å². The van der Waals surface area contributed by atoms with Crippen LogP contribution in [0, 0.1) is 13.8 Å². The summed E-state index contributed by atoms with van der Waals surface area (Å²) in [4.78, 5) is 25.3. The molecule has 3 rings (SSSR count). The van der Waals surface area contributed by atoms with Crippen LogP contribution >= 0.6 is 11.6 Å². The summed E-state index contributed by atoms with van der Waals surface area (Å²) in [7, 11) is 0. The highest BCUT2D eigenvalue weighted by molar-refractivity contribution is 6.31. The van der Waals surface area contributed by atoms with Crippen molar-refractivity contribution in [2.75, 3.05) is 0 Å². The van der Waals surface area contributed by atoms with Gasteiger partial charge in [-0.2, -0.15) is 0 Å². The van der Waals surface area contributed by atoms with Crippen molar-refractivity contribution >= 4 is 23.2 Å². The second-order valence-corrected chi connectivity index (χ2v) is 6.76. The van der Waals surface area contributed by atoms with Crippen molar-refractivity contribution in [1.29, 1.82) is 0 Å². The summed E-state index contributed by atoms with van der Waals surface area (Å²) in [6.45, 7) is 3.97. The molecular formula is C20H19ClO2. The topological polar surface area (TPSA) is 34.1 Å². The van der Waals surface area contributed by atoms with E-state index >= 15 is 0 Å². The molecule has 1 saturated carbocycles. The zero-order valence-corrected chi connectivity index (χ0v) is 14.1. The fourth-order valence-corrected chi connectivity index (χ4v) is 3.79. The van der Waals surface area contributed by atoms with E-state index in [1.165, 1.54) is 0 Å². The Labute approximate surface area is 141 Å². The highest BCUT2D eigenvalue weighted by Crippen LogP contribution is 2.39. The van der Waals surface area contributed by atoms with Crippen LogP contribution in [0.1, 0.15) is 46.9 Å². The number of hydrogen-bond donors (Lipinski definition) is 0. The van der Waals surface area contributed by atoms with Gasteiger partial charge in [0.05, 0.1) is 0 Å². The van der Waals surface area contributed by atoms with Gasteiger partial charge in [-0.1, -0.05) is 53.6 Å². The van der Waals surface area contributed by atoms with Crippen LogP contribution in [0.4, 0.5) is 0 Å². The van der Waals surface area contributed by atoms with Crippen LogP contribution in [-0.2, 0) is 9.59 Å². The first-order valence-corrected chi connectivity index (χ1v) is 8.22. The Morgan fingerprint density at radius 3 is 2.17 bits per heavy atom. The molecule has 0 N–H and O–H groups in total. The van der Waals surface area contributed by atoms with Crippen molar-refractivity contribution < 1.29 is 9.59 Å². The van der Waals surface area contributed by atoms with Gasteiger partial charge in [0.1, 0.15) is 17.5 Å². The minimum absolute atomic E-state index is 0.00174. The van der Waals surface area contributed by atoms with E-state index in [4.69, 9.17) is 11.6 Å². The van der Waals surface area contributed by atoms with Crippen LogP contribution in [0.5, 0.6) is 0 Å². The number of halogens is 1. The predicted octanol–water partition coefficient (Wildman–Crippen LogP) is 4.76. The standard InChI is InChI=1S/C20H19ClO2/c1-12-7-8-15(13(2)9-12)20-18(22)10-14(11-19(20)23)16-5-3-4-6-17(16)21/h3-9,14,20H,10-11H2,1-2H3. The van der Waals surface area contributed by atoms with Crippen LogP contribution in [0.15, 0.2) is 42.5 Å². The van der Waals surface area contributed by atoms with Crippen LogP contribution in [-0.4, -0.2) is 11.6 Å². The summed E-state index contributed by atoms with van der Waals surface area (Å²) in [6, 6.07) is 13.4. The molecule has 23 heavy (non-hydrogen) atoms. The van der Waals surface area contributed by atoms with Crippen molar-refractivity contribution in [3.05, 3.63) is 69.7 Å². The lowest BCUT2D eigenvalue weighted by Crippen LogP contribution is -2.31. The van der Waals surface area contributed by atoms with Gasteiger partial charge in [-0.15, -0.1) is 0 Å². The molecule has 1 fully saturated rings. The van der Waals surface area contributed by atoms with E-state index in [2.05, 4.69) is 0 Å². The Kier molecular flexibility index (Phi) is 4.36. The Balaban J connectivity index is 1.90. The Morgan fingerprint density at radius 2 is 1.57 bits per heavy atom. The molecule has 2 nitrogen and oxygen atoms in total. The quantitative estimate of drug-likeness (QED) is 0.746. The molecule has 1 aliphatic carbocycles. The minimum atomic E-state index is -0.616. The monoisotopic (exact) mass is 326 g/mol. The molecule has 0 radical (unpaired) electrons. The van der Waals surface area contributed by atoms with Crippen LogP contribution in [0.2, 0.25) is 5.02 Å². The Hall–Kier alpha value is -1.93. The lowest BCUT2D eigenvalue weighted by Gasteiger charge is -2.28. The van der Waals surface area contributed by atoms with E-state index in [1.54, 1.807) is 0 Å². The normalized spacial score (nSPS) is 21.5. The first-order valence-electron chi connectivity index (χ1n) is 7.84. The van der Waals surface area contributed by atoms with E-state index in [9.17, 15) is 9.59 Å². The minimum Gasteiger partial charge on any atom is -0.298 e. The number of aryl methyl sites for hydroxylation is 2. The molecule has 1 aliphatic rings. The Morgan fingerprint density at radius 1 is 0.913 bits per heavy atom. The molecule has 0 unspecified atom stereocenters. The molecule has 0 amide bonds. The van der Waals surface area contributed by atoms with Gasteiger partial charge in [-0.25, -0.2) is 0 Å². The molecule has 0 aromatic heterocycles. The summed E-state index contributed by atoms with van der Waals surface area (Å²) < 4.78 is 0. The van der Waals surface area contributed by atoms with E-state index in [-0.39, 0.29) is 17.5 Å². The fraction of sp³-hybridized carbons (Fsp3) is 0.300. The van der Waals surface area contributed by atoms with Crippen molar-refractivity contribution in [1.82, 2.24) is 0 Å². The fourth-order valence-electron chi connectivity index (χ4n) is 3.50. The zero-order chi connectivity index (χ0) is 16.6. The third kappa shape index (κ3) is 3.09. The smallest absolute Gasteiger partial charge is 0.148 e. The van der Waals surface area contributed by atoms with E-state index in [0.29, 0.717) is 17.9 Å². The third-order valence-corrected chi connectivity index (χ3v) is 4.96. The first kappa shape index (κ1) is 15.9. The van der Waals surface area contributed by atoms with E-state index in [1.807, 2.05) is 56.3 Å². The van der Waals surface area contributed by atoms with Gasteiger partial charge in [0, 0.05) is 17.9 Å². The highest BCUT2D eigenvalue weighted by atomic mass is 35.5. The largest absolute Gasteiger partial charge is 0.298 e. The van der Waals surface area contributed by atoms with Crippen LogP contribution in [0.25, 0.3) is 0 Å². The van der Waals surface area contributed by atoms with Gasteiger partial charge in [0.15, 0.2) is 0 Å². The van der Waals surface area contributed by atoms with Crippen molar-refractivity contribution in [2.45, 2.75) is 38.5 Å². The molecular weight excluding hydrogens is 308 g/mol. The number of hydrogen-bond acceptors (Lipinski definition) is 2. The highest BCUT2D eigenvalue weighted by Gasteiger charge is 2.38. The van der Waals surface area contributed by atoms with Gasteiger partial charge in [-0.3, -0.25) is 9.59 Å². The van der Waals surface area contributed by atoms with Gasteiger partial charge in [0.2, 0.25) is 0 Å². The molecule has 0 bridgehead atoms. The molecule has 0 heterocycles. The zero-order valence-electron chi connectivity index (χ0n) is 13.3. The Bertz CT molecular complexity index is 761. The van der Waals surface area contributed by atoms with Gasteiger partial charge in [-0.05, 0) is 42.5 Å². The number of carbonyl (C=O) groups excluding carboxylic acids is 2. The van der Waals surface area contributed by atoms with Crippen LogP contribution in [0.3, 0.4) is 0 Å². The molecule has 0 saturated heterocycles. The molecule has 2 aromatic carbocycles. The van der Waals surface area contributed by atoms with Crippen molar-refractivity contribution in [2.24, 2.45) is 0 Å². The van der Waals surface area contributed by atoms with Gasteiger partial charge >= 0.3 is 0 Å². The average molecular weight is 327 g/mol. The van der Waals surface area contributed by atoms with E-state index < -0.39 is 5.92 Å². The summed E-state index contributed by atoms with van der Waals surface area (Å²) in [6.07, 6.45) is 0.737. The maximum absolute atomic E-state index is 12.7. The second kappa shape index (κ2) is 6.29. The second-order valence-electron chi connectivity index (χ2n) is 6.35. The molecule has 118 valence electrons. The number of carbonyl (C=O) groups is 2. The number of Topliss-reactive ketones (excluding diaryl/α,β-unsaturated/α-hetero) is 2. The van der Waals surface area contributed by atoms with E-state index in [0.717, 1.165) is 22.3 Å². The molecule has 3 heteroatoms. The molecule has 0 atom stereocenters. The lowest BCUT2D eigenvalue weighted by atomic mass is 9.73. The summed E-state index contributed by atoms with van der Waals surface area (Å²) >= 11 is 6.23. The van der Waals surface area contributed by atoms with Crippen molar-refractivity contribution in [3.63, 3.8) is 0 Å².